The molecule has 0 aromatic carbocycles. The highest BCUT2D eigenvalue weighted by Crippen LogP contribution is 2.45. The lowest BCUT2D eigenvalue weighted by Crippen LogP contribution is -2.30. The van der Waals surface area contributed by atoms with Crippen LogP contribution in [-0.2, 0) is 65.4 Å². The molecule has 19 heteroatoms. The number of aliphatic hydroxyl groups is 1. The summed E-state index contributed by atoms with van der Waals surface area (Å²) in [5, 5.41) is 10.6. The third-order valence-corrected chi connectivity index (χ3v) is 17.9. The van der Waals surface area contributed by atoms with Crippen molar-refractivity contribution in [2.24, 2.45) is 0 Å². The number of unbranched alkanes of at least 4 members (excludes halogenated alkanes) is 30. The number of hydrogen-bond acceptors (Lipinski definition) is 15. The third-order valence-electron chi connectivity index (χ3n) is 16.0. The van der Waals surface area contributed by atoms with Crippen LogP contribution in [-0.4, -0.2) is 96.7 Å². The van der Waals surface area contributed by atoms with Crippen LogP contribution < -0.4 is 0 Å². The highest BCUT2D eigenvalue weighted by Gasteiger charge is 2.30. The Morgan fingerprint density at radius 1 is 0.296 bits per heavy atom. The summed E-state index contributed by atoms with van der Waals surface area (Å²) in [5.74, 6) is -2.22. The molecule has 0 heterocycles. The van der Waals surface area contributed by atoms with Crippen molar-refractivity contribution in [2.45, 2.75) is 341 Å². The van der Waals surface area contributed by atoms with Crippen LogP contribution in [0.2, 0.25) is 0 Å². The molecule has 0 saturated carbocycles. The second-order valence-electron chi connectivity index (χ2n) is 25.6. The molecule has 0 saturated heterocycles. The normalized spacial score (nSPS) is 14.5. The fourth-order valence-electron chi connectivity index (χ4n) is 10.2. The second-order valence-corrected chi connectivity index (χ2v) is 28.5. The van der Waals surface area contributed by atoms with Crippen molar-refractivity contribution in [1.82, 2.24) is 0 Å². The number of aliphatic hydroxyl groups excluding tert-OH is 1. The van der Waals surface area contributed by atoms with Crippen molar-refractivity contribution in [3.05, 3.63) is 97.2 Å². The summed E-state index contributed by atoms with van der Waals surface area (Å²) in [5.41, 5.74) is 0. The van der Waals surface area contributed by atoms with Crippen LogP contribution in [0.1, 0.15) is 323 Å². The zero-order valence-corrected chi connectivity index (χ0v) is 63.5. The monoisotopic (exact) mass is 1420 g/mol. The van der Waals surface area contributed by atoms with Gasteiger partial charge in [0.15, 0.2) is 12.2 Å². The summed E-state index contributed by atoms with van der Waals surface area (Å²) in [6, 6.07) is 0. The Hall–Kier alpha value is -4.02. The number of carbonyl (C=O) groups is 4. The van der Waals surface area contributed by atoms with Crippen LogP contribution in [0.4, 0.5) is 0 Å². The molecule has 5 unspecified atom stereocenters. The largest absolute Gasteiger partial charge is 0.472 e. The first-order chi connectivity index (χ1) is 47.7. The molecule has 5 atom stereocenters. The van der Waals surface area contributed by atoms with E-state index in [4.69, 9.17) is 37.0 Å². The molecule has 3 N–H and O–H groups in total. The van der Waals surface area contributed by atoms with E-state index < -0.39 is 97.5 Å². The molecule has 0 amide bonds. The predicted molar refractivity (Wildman–Crippen MR) is 399 cm³/mol. The lowest BCUT2D eigenvalue weighted by molar-refractivity contribution is -0.161. The molecule has 0 bridgehead atoms. The summed E-state index contributed by atoms with van der Waals surface area (Å²) in [4.78, 5) is 72.8. The average molecular weight is 1420 g/mol. The Bertz CT molecular complexity index is 2240. The van der Waals surface area contributed by atoms with E-state index in [1.807, 2.05) is 0 Å². The van der Waals surface area contributed by atoms with E-state index in [9.17, 15) is 43.2 Å². The predicted octanol–water partition coefficient (Wildman–Crippen LogP) is 22.0. The van der Waals surface area contributed by atoms with Gasteiger partial charge in [-0.25, -0.2) is 9.13 Å². The SMILES string of the molecule is CC/C=C\C/C=C\C/C=C\C/C=C\C/C=C\CCCCCC(=O)OCC(COP(=O)(O)OCC(O)COP(=O)(O)OCC(COC(=O)CCCCCCC/C=C\C/C=C\CCC)OC(=O)CCCCCCCCCCCCCCC)OC(=O)CCCCCCC/C=C\CCCCCC. The molecule has 0 aromatic rings. The van der Waals surface area contributed by atoms with Gasteiger partial charge in [0.25, 0.3) is 0 Å². The maximum atomic E-state index is 13.1. The van der Waals surface area contributed by atoms with Gasteiger partial charge in [0.1, 0.15) is 19.3 Å². The van der Waals surface area contributed by atoms with Crippen LogP contribution in [0, 0.1) is 0 Å². The van der Waals surface area contributed by atoms with Gasteiger partial charge in [-0.2, -0.15) is 0 Å². The van der Waals surface area contributed by atoms with Crippen molar-refractivity contribution in [2.75, 3.05) is 39.6 Å². The van der Waals surface area contributed by atoms with Gasteiger partial charge in [0.05, 0.1) is 26.4 Å². The lowest BCUT2D eigenvalue weighted by atomic mass is 10.0. The van der Waals surface area contributed by atoms with Gasteiger partial charge in [0, 0.05) is 25.7 Å². The number of esters is 4. The Kier molecular flexibility index (Phi) is 68.4. The van der Waals surface area contributed by atoms with Crippen molar-refractivity contribution in [3.8, 4) is 0 Å². The number of hydrogen-bond donors (Lipinski definition) is 3. The molecule has 0 radical (unpaired) electrons. The Morgan fingerprint density at radius 2 is 0.551 bits per heavy atom. The maximum absolute atomic E-state index is 13.1. The van der Waals surface area contributed by atoms with Crippen molar-refractivity contribution < 1.29 is 80.2 Å². The minimum Gasteiger partial charge on any atom is -0.462 e. The maximum Gasteiger partial charge on any atom is 0.472 e. The van der Waals surface area contributed by atoms with Crippen LogP contribution in [0.3, 0.4) is 0 Å². The summed E-state index contributed by atoms with van der Waals surface area (Å²) in [6.45, 7) is 4.64. The van der Waals surface area contributed by atoms with E-state index >= 15 is 0 Å². The van der Waals surface area contributed by atoms with Gasteiger partial charge in [-0.15, -0.1) is 0 Å². The zero-order valence-electron chi connectivity index (χ0n) is 61.7. The van der Waals surface area contributed by atoms with E-state index in [0.717, 1.165) is 167 Å². The van der Waals surface area contributed by atoms with E-state index in [0.29, 0.717) is 25.7 Å². The van der Waals surface area contributed by atoms with Gasteiger partial charge >= 0.3 is 39.5 Å². The Labute approximate surface area is 595 Å². The smallest absolute Gasteiger partial charge is 0.462 e. The molecular formula is C79H138O17P2. The molecule has 0 aliphatic heterocycles. The number of carbonyl (C=O) groups excluding carboxylic acids is 4. The molecule has 0 rings (SSSR count). The summed E-state index contributed by atoms with van der Waals surface area (Å²) in [6.07, 6.45) is 74.0. The van der Waals surface area contributed by atoms with Gasteiger partial charge < -0.3 is 33.8 Å². The lowest BCUT2D eigenvalue weighted by Gasteiger charge is -2.21. The van der Waals surface area contributed by atoms with Crippen molar-refractivity contribution in [3.63, 3.8) is 0 Å². The zero-order chi connectivity index (χ0) is 71.8. The number of phosphoric acid groups is 2. The first kappa shape index (κ1) is 94.0. The fraction of sp³-hybridized carbons (Fsp3) is 0.747. The van der Waals surface area contributed by atoms with Crippen LogP contribution in [0.25, 0.3) is 0 Å². The topological polar surface area (TPSA) is 237 Å². The van der Waals surface area contributed by atoms with Gasteiger partial charge in [-0.1, -0.05) is 273 Å². The Balaban J connectivity index is 5.35. The fourth-order valence-corrected chi connectivity index (χ4v) is 11.7. The molecule has 98 heavy (non-hydrogen) atoms. The molecule has 0 spiro atoms. The third kappa shape index (κ3) is 70.4. The minimum atomic E-state index is -4.98. The van der Waals surface area contributed by atoms with Crippen LogP contribution in [0.15, 0.2) is 97.2 Å². The highest BCUT2D eigenvalue weighted by atomic mass is 31.2. The molecule has 0 aliphatic carbocycles. The number of allylic oxidation sites excluding steroid dienone is 16. The van der Waals surface area contributed by atoms with Gasteiger partial charge in [-0.3, -0.25) is 37.3 Å². The first-order valence-electron chi connectivity index (χ1n) is 38.5. The van der Waals surface area contributed by atoms with Crippen molar-refractivity contribution >= 4 is 39.5 Å². The standard InChI is InChI=1S/C79H138O17P2/c1-5-9-13-17-21-25-29-33-34-35-36-37-38-42-44-48-52-56-60-64-77(82)90-70-75(96-79(84)66-62-58-54-50-46-41-32-28-24-20-16-12-8-4)72-94-98(87,88)92-68-73(80)67-91-97(85,86)93-71-74(95-78(83)65-61-57-53-49-45-40-31-27-23-19-15-11-7-3)69-89-76(81)63-59-55-51-47-43-39-30-26-22-18-14-10-6-2/h9,13-14,18,21,25-26,28,30,32-34,36-37,42,44,73-75,80H,5-8,10-12,15-17,19-20,22-24,27,29,31,35,38-41,43,45-72H2,1-4H3,(H,85,86)(H,87,88)/b13-9-,18-14-,25-21-,30-26-,32-28-,34-33-,37-36-,44-42-. The van der Waals surface area contributed by atoms with Gasteiger partial charge in [-0.05, 0) is 122 Å². The molecule has 0 fully saturated rings. The second kappa shape index (κ2) is 71.4. The molecular weight excluding hydrogens is 1280 g/mol. The van der Waals surface area contributed by atoms with Gasteiger partial charge in [0.2, 0.25) is 0 Å². The molecule has 0 aromatic heterocycles. The Morgan fingerprint density at radius 3 is 0.888 bits per heavy atom. The summed E-state index contributed by atoms with van der Waals surface area (Å²) >= 11 is 0. The van der Waals surface area contributed by atoms with Crippen molar-refractivity contribution in [1.29, 1.82) is 0 Å². The summed E-state index contributed by atoms with van der Waals surface area (Å²) in [7, 11) is -9.95. The quantitative estimate of drug-likeness (QED) is 0.0169. The van der Waals surface area contributed by atoms with Crippen LogP contribution in [0.5, 0.6) is 0 Å². The van der Waals surface area contributed by atoms with Crippen LogP contribution >= 0.6 is 15.6 Å². The molecule has 566 valence electrons. The number of rotatable bonds is 72. The average Bonchev–Trinajstić information content (AvgIpc) is 0.966. The highest BCUT2D eigenvalue weighted by molar-refractivity contribution is 7.47. The minimum absolute atomic E-state index is 0.0772. The summed E-state index contributed by atoms with van der Waals surface area (Å²) < 4.78 is 68.4. The first-order valence-corrected chi connectivity index (χ1v) is 41.5. The number of phosphoric ester groups is 2. The van der Waals surface area contributed by atoms with E-state index in [1.165, 1.54) is 77.0 Å². The van der Waals surface area contributed by atoms with E-state index in [-0.39, 0.29) is 25.7 Å². The van der Waals surface area contributed by atoms with E-state index in [1.54, 1.807) is 0 Å². The van der Waals surface area contributed by atoms with E-state index in [2.05, 4.69) is 125 Å². The molecule has 17 nitrogen and oxygen atoms in total. The molecule has 0 aliphatic rings. The number of ether oxygens (including phenoxy) is 4.